The summed E-state index contributed by atoms with van der Waals surface area (Å²) in [5.41, 5.74) is 0. The summed E-state index contributed by atoms with van der Waals surface area (Å²) in [6, 6.07) is 0.256. The molecular weight excluding hydrogens is 362 g/mol. The molecule has 0 saturated carbocycles. The number of anilines is 1. The Balaban J connectivity index is 1.67. The highest BCUT2D eigenvalue weighted by Crippen LogP contribution is 2.26. The summed E-state index contributed by atoms with van der Waals surface area (Å²) in [4.78, 5) is 14.6. The second-order valence-corrected chi connectivity index (χ2v) is 8.39. The van der Waals surface area contributed by atoms with Gasteiger partial charge in [0, 0.05) is 25.7 Å². The SMILES string of the molecule is CCC(CC)NC(=O)CSc1nnc(N2CCCCC2)n1C[C@H]1CCCO1. The monoisotopic (exact) mass is 395 g/mol. The van der Waals surface area contributed by atoms with Crippen LogP contribution >= 0.6 is 11.8 Å². The molecule has 2 aliphatic rings. The molecule has 27 heavy (non-hydrogen) atoms. The lowest BCUT2D eigenvalue weighted by molar-refractivity contribution is -0.119. The first-order valence-corrected chi connectivity index (χ1v) is 11.4. The maximum absolute atomic E-state index is 12.3. The van der Waals surface area contributed by atoms with Gasteiger partial charge in [-0.3, -0.25) is 9.36 Å². The molecule has 0 unspecified atom stereocenters. The fourth-order valence-corrected chi connectivity index (χ4v) is 4.51. The first kappa shape index (κ1) is 20.5. The van der Waals surface area contributed by atoms with Gasteiger partial charge in [-0.2, -0.15) is 0 Å². The van der Waals surface area contributed by atoms with Crippen molar-refractivity contribution in [3.63, 3.8) is 0 Å². The van der Waals surface area contributed by atoms with Crippen LogP contribution in [0.5, 0.6) is 0 Å². The Morgan fingerprint density at radius 2 is 2.00 bits per heavy atom. The number of thioether (sulfide) groups is 1. The van der Waals surface area contributed by atoms with E-state index < -0.39 is 0 Å². The molecule has 3 heterocycles. The fourth-order valence-electron chi connectivity index (χ4n) is 3.76. The number of nitrogens with zero attached hydrogens (tertiary/aromatic N) is 4. The zero-order valence-electron chi connectivity index (χ0n) is 16.7. The molecule has 0 aliphatic carbocycles. The largest absolute Gasteiger partial charge is 0.376 e. The van der Waals surface area contributed by atoms with Crippen molar-refractivity contribution in [1.29, 1.82) is 0 Å². The molecule has 2 aliphatic heterocycles. The van der Waals surface area contributed by atoms with Crippen LogP contribution in [0.25, 0.3) is 0 Å². The van der Waals surface area contributed by atoms with Gasteiger partial charge in [-0.15, -0.1) is 10.2 Å². The van der Waals surface area contributed by atoms with Crippen LogP contribution in [0.3, 0.4) is 0 Å². The summed E-state index contributed by atoms with van der Waals surface area (Å²) >= 11 is 1.48. The number of hydrogen-bond donors (Lipinski definition) is 1. The summed E-state index contributed by atoms with van der Waals surface area (Å²) in [5, 5.41) is 12.8. The van der Waals surface area contributed by atoms with Gasteiger partial charge in [0.15, 0.2) is 5.16 Å². The van der Waals surface area contributed by atoms with E-state index in [1.54, 1.807) is 0 Å². The number of nitrogens with one attached hydrogen (secondary N) is 1. The van der Waals surface area contributed by atoms with E-state index in [2.05, 4.69) is 38.8 Å². The van der Waals surface area contributed by atoms with Crippen LogP contribution in [0.1, 0.15) is 58.8 Å². The van der Waals surface area contributed by atoms with Crippen molar-refractivity contribution in [3.8, 4) is 0 Å². The van der Waals surface area contributed by atoms with Gasteiger partial charge in [-0.05, 0) is 44.9 Å². The number of carbonyl (C=O) groups is 1. The van der Waals surface area contributed by atoms with Crippen LogP contribution in [0.15, 0.2) is 5.16 Å². The molecule has 0 aromatic carbocycles. The van der Waals surface area contributed by atoms with Crippen molar-refractivity contribution in [2.75, 3.05) is 30.3 Å². The third-order valence-corrected chi connectivity index (χ3v) is 6.40. The van der Waals surface area contributed by atoms with Gasteiger partial charge >= 0.3 is 0 Å². The minimum absolute atomic E-state index is 0.0693. The first-order chi connectivity index (χ1) is 13.2. The Morgan fingerprint density at radius 1 is 1.22 bits per heavy atom. The van der Waals surface area contributed by atoms with Gasteiger partial charge in [0.25, 0.3) is 0 Å². The average Bonchev–Trinajstić information content (AvgIpc) is 3.35. The summed E-state index contributed by atoms with van der Waals surface area (Å²) < 4.78 is 8.02. The van der Waals surface area contributed by atoms with E-state index in [1.165, 1.54) is 31.0 Å². The molecule has 1 aromatic rings. The maximum atomic E-state index is 12.3. The Morgan fingerprint density at radius 3 is 2.67 bits per heavy atom. The number of piperidine rings is 1. The van der Waals surface area contributed by atoms with Crippen LogP contribution in [0.4, 0.5) is 5.95 Å². The maximum Gasteiger partial charge on any atom is 0.230 e. The Labute approximate surface area is 166 Å². The van der Waals surface area contributed by atoms with Crippen molar-refractivity contribution in [1.82, 2.24) is 20.1 Å². The van der Waals surface area contributed by atoms with Crippen LogP contribution < -0.4 is 10.2 Å². The van der Waals surface area contributed by atoms with E-state index in [9.17, 15) is 4.79 Å². The molecule has 3 rings (SSSR count). The molecule has 2 saturated heterocycles. The number of carbonyl (C=O) groups excluding carboxylic acids is 1. The fraction of sp³-hybridized carbons (Fsp3) is 0.842. The third kappa shape index (κ3) is 5.60. The second kappa shape index (κ2) is 10.3. The van der Waals surface area contributed by atoms with Gasteiger partial charge in [-0.1, -0.05) is 25.6 Å². The molecule has 1 atom stereocenters. The van der Waals surface area contributed by atoms with Crippen molar-refractivity contribution < 1.29 is 9.53 Å². The van der Waals surface area contributed by atoms with E-state index in [0.29, 0.717) is 5.75 Å². The smallest absolute Gasteiger partial charge is 0.230 e. The highest BCUT2D eigenvalue weighted by Gasteiger charge is 2.25. The van der Waals surface area contributed by atoms with E-state index >= 15 is 0 Å². The molecular formula is C19H33N5O2S. The Kier molecular flexibility index (Phi) is 7.81. The third-order valence-electron chi connectivity index (χ3n) is 5.43. The lowest BCUT2D eigenvalue weighted by Crippen LogP contribution is -2.35. The van der Waals surface area contributed by atoms with Gasteiger partial charge in [0.05, 0.1) is 18.4 Å². The molecule has 1 aromatic heterocycles. The summed E-state index contributed by atoms with van der Waals surface area (Å²) in [5.74, 6) is 1.38. The first-order valence-electron chi connectivity index (χ1n) is 10.4. The zero-order chi connectivity index (χ0) is 19.1. The topological polar surface area (TPSA) is 72.3 Å². The van der Waals surface area contributed by atoms with Gasteiger partial charge < -0.3 is 15.0 Å². The van der Waals surface area contributed by atoms with Crippen molar-refractivity contribution >= 4 is 23.6 Å². The molecule has 0 spiro atoms. The summed E-state index contributed by atoms with van der Waals surface area (Å²) in [6.07, 6.45) is 8.03. The van der Waals surface area contributed by atoms with Crippen molar-refractivity contribution in [2.24, 2.45) is 0 Å². The lowest BCUT2D eigenvalue weighted by atomic mass is 10.1. The number of aromatic nitrogens is 3. The quantitative estimate of drug-likeness (QED) is 0.648. The summed E-state index contributed by atoms with van der Waals surface area (Å²) in [7, 11) is 0. The van der Waals surface area contributed by atoms with E-state index in [-0.39, 0.29) is 18.1 Å². The molecule has 1 N–H and O–H groups in total. The van der Waals surface area contributed by atoms with E-state index in [1.807, 2.05) is 0 Å². The second-order valence-electron chi connectivity index (χ2n) is 7.45. The highest BCUT2D eigenvalue weighted by atomic mass is 32.2. The van der Waals surface area contributed by atoms with Crippen molar-refractivity contribution in [3.05, 3.63) is 0 Å². The molecule has 0 bridgehead atoms. The van der Waals surface area contributed by atoms with Gasteiger partial charge in [0.2, 0.25) is 11.9 Å². The lowest BCUT2D eigenvalue weighted by Gasteiger charge is -2.28. The summed E-state index contributed by atoms with van der Waals surface area (Å²) in [6.45, 7) is 7.88. The predicted molar refractivity (Wildman–Crippen MR) is 108 cm³/mol. The Bertz CT molecular complexity index is 593. The van der Waals surface area contributed by atoms with Gasteiger partial charge in [0.1, 0.15) is 0 Å². The molecule has 8 heteroatoms. The number of rotatable bonds is 9. The minimum Gasteiger partial charge on any atom is -0.376 e. The normalized spacial score (nSPS) is 20.4. The molecule has 1 amide bonds. The number of ether oxygens (including phenoxy) is 1. The molecule has 7 nitrogen and oxygen atoms in total. The molecule has 0 radical (unpaired) electrons. The van der Waals surface area contributed by atoms with Gasteiger partial charge in [-0.25, -0.2) is 0 Å². The van der Waals surface area contributed by atoms with Crippen molar-refractivity contribution in [2.45, 2.75) is 82.6 Å². The van der Waals surface area contributed by atoms with Crippen LogP contribution in [-0.2, 0) is 16.1 Å². The van der Waals surface area contributed by atoms with Crippen LogP contribution in [0, 0.1) is 0 Å². The molecule has 2 fully saturated rings. The highest BCUT2D eigenvalue weighted by molar-refractivity contribution is 7.99. The van der Waals surface area contributed by atoms with E-state index in [4.69, 9.17) is 4.74 Å². The van der Waals surface area contributed by atoms with Crippen LogP contribution in [-0.4, -0.2) is 58.3 Å². The number of amides is 1. The standard InChI is InChI=1S/C19H33N5O2S/c1-3-15(4-2)20-17(25)14-27-19-22-21-18(23-10-6-5-7-11-23)24(19)13-16-9-8-12-26-16/h15-16H,3-14H2,1-2H3,(H,20,25)/t16-/m1/s1. The average molecular weight is 396 g/mol. The predicted octanol–water partition coefficient (Wildman–Crippen LogP) is 2.84. The number of hydrogen-bond acceptors (Lipinski definition) is 6. The Hall–Kier alpha value is -1.28. The van der Waals surface area contributed by atoms with E-state index in [0.717, 1.165) is 63.0 Å². The minimum atomic E-state index is 0.0693. The van der Waals surface area contributed by atoms with Crippen LogP contribution in [0.2, 0.25) is 0 Å². The zero-order valence-corrected chi connectivity index (χ0v) is 17.5. The molecule has 152 valence electrons.